The summed E-state index contributed by atoms with van der Waals surface area (Å²) >= 11 is 0. The predicted octanol–water partition coefficient (Wildman–Crippen LogP) is 3.62. The Kier molecular flexibility index (Phi) is 4.76. The van der Waals surface area contributed by atoms with Gasteiger partial charge in [-0.05, 0) is 49.7 Å². The summed E-state index contributed by atoms with van der Waals surface area (Å²) in [7, 11) is 0. The van der Waals surface area contributed by atoms with E-state index in [4.69, 9.17) is 4.42 Å². The molecule has 0 bridgehead atoms. The second-order valence-corrected chi connectivity index (χ2v) is 7.06. The van der Waals surface area contributed by atoms with Crippen LogP contribution in [0, 0.1) is 13.8 Å². The van der Waals surface area contributed by atoms with E-state index >= 15 is 0 Å². The fraction of sp³-hybridized carbons (Fsp3) is 0.174. The van der Waals surface area contributed by atoms with Crippen LogP contribution in [0.4, 0.5) is 0 Å². The molecule has 0 unspecified atom stereocenters. The van der Waals surface area contributed by atoms with E-state index in [1.807, 2.05) is 19.9 Å². The Morgan fingerprint density at radius 1 is 0.966 bits per heavy atom. The van der Waals surface area contributed by atoms with Gasteiger partial charge >= 0.3 is 0 Å². The zero-order valence-electron chi connectivity index (χ0n) is 16.2. The van der Waals surface area contributed by atoms with E-state index < -0.39 is 0 Å². The quantitative estimate of drug-likeness (QED) is 0.677. The molecule has 3 aromatic rings. The van der Waals surface area contributed by atoms with E-state index in [9.17, 15) is 14.4 Å². The molecule has 4 rings (SSSR count). The Morgan fingerprint density at radius 2 is 1.59 bits per heavy atom. The van der Waals surface area contributed by atoms with Crippen LogP contribution in [-0.4, -0.2) is 22.6 Å². The maximum absolute atomic E-state index is 12.5. The molecule has 2 aromatic carbocycles. The van der Waals surface area contributed by atoms with Crippen molar-refractivity contribution < 1.29 is 18.8 Å². The van der Waals surface area contributed by atoms with Gasteiger partial charge in [-0.15, -0.1) is 0 Å². The first kappa shape index (κ1) is 18.7. The zero-order chi connectivity index (χ0) is 20.5. The SMILES string of the molecule is Cc1cc(CNC(=O)c2ccc(CN3C(=O)c4ccccc4C3=O)cc2)c(C)o1. The fourth-order valence-electron chi connectivity index (χ4n) is 3.46. The number of fused-ring (bicyclic) bond motifs is 1. The third kappa shape index (κ3) is 3.57. The van der Waals surface area contributed by atoms with Crippen LogP contribution in [0.5, 0.6) is 0 Å². The molecule has 1 aliphatic rings. The van der Waals surface area contributed by atoms with E-state index in [0.717, 1.165) is 22.6 Å². The number of aryl methyl sites for hydroxylation is 2. The van der Waals surface area contributed by atoms with Crippen molar-refractivity contribution in [2.24, 2.45) is 0 Å². The average molecular weight is 388 g/mol. The molecular formula is C23H20N2O4. The molecule has 1 aromatic heterocycles. The summed E-state index contributed by atoms with van der Waals surface area (Å²) in [5, 5.41) is 2.87. The number of hydrogen-bond donors (Lipinski definition) is 1. The second-order valence-electron chi connectivity index (χ2n) is 7.06. The second kappa shape index (κ2) is 7.39. The Morgan fingerprint density at radius 3 is 2.14 bits per heavy atom. The van der Waals surface area contributed by atoms with Crippen molar-refractivity contribution in [2.75, 3.05) is 0 Å². The number of nitrogens with one attached hydrogen (secondary N) is 1. The van der Waals surface area contributed by atoms with Gasteiger partial charge < -0.3 is 9.73 Å². The van der Waals surface area contributed by atoms with E-state index in [1.165, 1.54) is 4.90 Å². The standard InChI is InChI=1S/C23H20N2O4/c1-14-11-18(15(2)29-14)12-24-21(26)17-9-7-16(8-10-17)13-25-22(27)19-5-3-4-6-20(19)23(25)28/h3-11H,12-13H2,1-2H3,(H,24,26). The van der Waals surface area contributed by atoms with E-state index in [-0.39, 0.29) is 24.3 Å². The number of hydrogen-bond acceptors (Lipinski definition) is 4. The Bertz CT molecular complexity index is 1080. The minimum atomic E-state index is -0.293. The van der Waals surface area contributed by atoms with Gasteiger partial charge in [0.1, 0.15) is 11.5 Å². The summed E-state index contributed by atoms with van der Waals surface area (Å²) in [6.07, 6.45) is 0. The Hall–Kier alpha value is -3.67. The van der Waals surface area contributed by atoms with Crippen molar-refractivity contribution in [2.45, 2.75) is 26.9 Å². The van der Waals surface area contributed by atoms with Crippen LogP contribution in [0.15, 0.2) is 59.0 Å². The molecule has 0 aliphatic carbocycles. The first-order chi connectivity index (χ1) is 13.9. The van der Waals surface area contributed by atoms with Gasteiger partial charge in [0.05, 0.1) is 17.7 Å². The lowest BCUT2D eigenvalue weighted by molar-refractivity contribution is 0.0641. The molecular weight excluding hydrogens is 368 g/mol. The lowest BCUT2D eigenvalue weighted by atomic mass is 10.1. The normalized spacial score (nSPS) is 13.0. The summed E-state index contributed by atoms with van der Waals surface area (Å²) in [5.41, 5.74) is 3.08. The number of amides is 3. The van der Waals surface area contributed by atoms with Crippen LogP contribution < -0.4 is 5.32 Å². The van der Waals surface area contributed by atoms with Crippen molar-refractivity contribution in [3.8, 4) is 0 Å². The molecule has 3 amide bonds. The highest BCUT2D eigenvalue weighted by Gasteiger charge is 2.34. The predicted molar refractivity (Wildman–Crippen MR) is 106 cm³/mol. The molecule has 6 nitrogen and oxygen atoms in total. The number of benzene rings is 2. The molecule has 29 heavy (non-hydrogen) atoms. The molecule has 1 aliphatic heterocycles. The van der Waals surface area contributed by atoms with Crippen molar-refractivity contribution in [3.05, 3.63) is 93.9 Å². The zero-order valence-corrected chi connectivity index (χ0v) is 16.2. The van der Waals surface area contributed by atoms with Crippen LogP contribution in [0.25, 0.3) is 0 Å². The monoisotopic (exact) mass is 388 g/mol. The summed E-state index contributed by atoms with van der Waals surface area (Å²) in [6, 6.07) is 15.6. The number of furan rings is 1. The average Bonchev–Trinajstić information content (AvgIpc) is 3.17. The van der Waals surface area contributed by atoms with Crippen molar-refractivity contribution in [3.63, 3.8) is 0 Å². The minimum absolute atomic E-state index is 0.168. The summed E-state index contributed by atoms with van der Waals surface area (Å²) in [5.74, 6) is 0.815. The van der Waals surface area contributed by atoms with Gasteiger partial charge in [0, 0.05) is 17.7 Å². The largest absolute Gasteiger partial charge is 0.466 e. The van der Waals surface area contributed by atoms with E-state index in [2.05, 4.69) is 5.32 Å². The summed E-state index contributed by atoms with van der Waals surface area (Å²) in [6.45, 7) is 4.29. The lowest BCUT2D eigenvalue weighted by Gasteiger charge is -2.14. The van der Waals surface area contributed by atoms with Crippen molar-refractivity contribution >= 4 is 17.7 Å². The smallest absolute Gasteiger partial charge is 0.261 e. The molecule has 146 valence electrons. The first-order valence-electron chi connectivity index (χ1n) is 9.32. The highest BCUT2D eigenvalue weighted by Crippen LogP contribution is 2.24. The fourth-order valence-corrected chi connectivity index (χ4v) is 3.46. The highest BCUT2D eigenvalue weighted by molar-refractivity contribution is 6.21. The van der Waals surface area contributed by atoms with Gasteiger partial charge in [-0.3, -0.25) is 19.3 Å². The van der Waals surface area contributed by atoms with Gasteiger partial charge in [-0.25, -0.2) is 0 Å². The lowest BCUT2D eigenvalue weighted by Crippen LogP contribution is -2.29. The van der Waals surface area contributed by atoms with Gasteiger partial charge in [0.25, 0.3) is 17.7 Å². The topological polar surface area (TPSA) is 79.6 Å². The number of rotatable bonds is 5. The van der Waals surface area contributed by atoms with E-state index in [0.29, 0.717) is 23.2 Å². The molecule has 0 atom stereocenters. The Labute approximate surface area is 168 Å². The number of carbonyl (C=O) groups excluding carboxylic acids is 3. The van der Waals surface area contributed by atoms with Crippen LogP contribution in [0.3, 0.4) is 0 Å². The highest BCUT2D eigenvalue weighted by atomic mass is 16.3. The van der Waals surface area contributed by atoms with Gasteiger partial charge in [-0.1, -0.05) is 24.3 Å². The molecule has 0 radical (unpaired) electrons. The third-order valence-electron chi connectivity index (χ3n) is 5.02. The van der Waals surface area contributed by atoms with Crippen LogP contribution in [0.2, 0.25) is 0 Å². The number of carbonyl (C=O) groups is 3. The molecule has 0 saturated carbocycles. The maximum atomic E-state index is 12.5. The molecule has 2 heterocycles. The van der Waals surface area contributed by atoms with Crippen LogP contribution in [-0.2, 0) is 13.1 Å². The van der Waals surface area contributed by atoms with Gasteiger partial charge in [-0.2, -0.15) is 0 Å². The maximum Gasteiger partial charge on any atom is 0.261 e. The van der Waals surface area contributed by atoms with Crippen LogP contribution >= 0.6 is 0 Å². The number of nitrogens with zero attached hydrogens (tertiary/aromatic N) is 1. The van der Waals surface area contributed by atoms with Crippen molar-refractivity contribution in [1.82, 2.24) is 10.2 Å². The van der Waals surface area contributed by atoms with Crippen molar-refractivity contribution in [1.29, 1.82) is 0 Å². The number of imide groups is 1. The Balaban J connectivity index is 1.41. The van der Waals surface area contributed by atoms with Gasteiger partial charge in [0.15, 0.2) is 0 Å². The molecule has 0 fully saturated rings. The minimum Gasteiger partial charge on any atom is -0.466 e. The van der Waals surface area contributed by atoms with Gasteiger partial charge in [0.2, 0.25) is 0 Å². The molecule has 0 spiro atoms. The molecule has 6 heteroatoms. The van der Waals surface area contributed by atoms with Crippen LogP contribution in [0.1, 0.15) is 53.7 Å². The summed E-state index contributed by atoms with van der Waals surface area (Å²) in [4.78, 5) is 38.5. The van der Waals surface area contributed by atoms with E-state index in [1.54, 1.807) is 48.5 Å². The third-order valence-corrected chi connectivity index (χ3v) is 5.02. The molecule has 0 saturated heterocycles. The first-order valence-corrected chi connectivity index (χ1v) is 9.32. The molecule has 1 N–H and O–H groups in total. The summed E-state index contributed by atoms with van der Waals surface area (Å²) < 4.78 is 5.46.